The zero-order valence-electron chi connectivity index (χ0n) is 15.6. The summed E-state index contributed by atoms with van der Waals surface area (Å²) in [5.41, 5.74) is 2.94. The predicted molar refractivity (Wildman–Crippen MR) is 99.2 cm³/mol. The minimum absolute atomic E-state index is 0.0261. The van der Waals surface area contributed by atoms with Crippen molar-refractivity contribution in [3.8, 4) is 17.2 Å². The first-order chi connectivity index (χ1) is 12.7. The lowest BCUT2D eigenvalue weighted by Crippen LogP contribution is -2.35. The topological polar surface area (TPSA) is 63.8 Å². The molecule has 1 aromatic heterocycles. The van der Waals surface area contributed by atoms with Gasteiger partial charge >= 0.3 is 0 Å². The van der Waals surface area contributed by atoms with Crippen molar-refractivity contribution >= 4 is 5.91 Å². The molecule has 1 aromatic carbocycles. The number of rotatable bonds is 7. The Balaban J connectivity index is 1.92. The van der Waals surface area contributed by atoms with E-state index in [-0.39, 0.29) is 5.91 Å². The van der Waals surface area contributed by atoms with E-state index >= 15 is 0 Å². The van der Waals surface area contributed by atoms with E-state index in [9.17, 15) is 4.79 Å². The second-order valence-corrected chi connectivity index (χ2v) is 6.06. The summed E-state index contributed by atoms with van der Waals surface area (Å²) < 4.78 is 17.1. The third-order valence-corrected chi connectivity index (χ3v) is 4.37. The third-order valence-electron chi connectivity index (χ3n) is 4.37. The first-order valence-corrected chi connectivity index (χ1v) is 9.18. The number of ether oxygens (including phenoxy) is 3. The number of hydrogen-bond donors (Lipinski definition) is 1. The lowest BCUT2D eigenvalue weighted by atomic mass is 10.1. The van der Waals surface area contributed by atoms with Crippen molar-refractivity contribution in [1.82, 2.24) is 9.88 Å². The van der Waals surface area contributed by atoms with Gasteiger partial charge in [0.2, 0.25) is 5.75 Å². The standard InChI is InChI=1S/C20H26N2O4/c1-4-24-17-11-15(12-18(25-5-2)19(17)26-6-3)20(23)22-10-8-16-14(13-22)7-9-21-16/h7,9,11-12,21H,4-6,8,10,13H2,1-3H3. The quantitative estimate of drug-likeness (QED) is 0.824. The number of aromatic nitrogens is 1. The number of carbonyl (C=O) groups excluding carboxylic acids is 1. The third kappa shape index (κ3) is 3.64. The van der Waals surface area contributed by atoms with E-state index in [4.69, 9.17) is 14.2 Å². The predicted octanol–water partition coefficient (Wildman–Crippen LogP) is 3.41. The summed E-state index contributed by atoms with van der Waals surface area (Å²) in [5, 5.41) is 0. The zero-order chi connectivity index (χ0) is 18.5. The molecule has 0 atom stereocenters. The minimum Gasteiger partial charge on any atom is -0.490 e. The number of fused-ring (bicyclic) bond motifs is 1. The van der Waals surface area contributed by atoms with Crippen LogP contribution in [0.4, 0.5) is 0 Å². The Morgan fingerprint density at radius 2 is 1.73 bits per heavy atom. The second-order valence-electron chi connectivity index (χ2n) is 6.06. The monoisotopic (exact) mass is 358 g/mol. The maximum Gasteiger partial charge on any atom is 0.254 e. The van der Waals surface area contributed by atoms with Crippen LogP contribution in [-0.2, 0) is 13.0 Å². The van der Waals surface area contributed by atoms with E-state index in [0.717, 1.165) is 6.42 Å². The normalized spacial score (nSPS) is 13.3. The molecule has 0 bridgehead atoms. The van der Waals surface area contributed by atoms with Gasteiger partial charge in [-0.25, -0.2) is 0 Å². The van der Waals surface area contributed by atoms with Crippen LogP contribution in [0, 0.1) is 0 Å². The average Bonchev–Trinajstić information content (AvgIpc) is 3.11. The molecule has 26 heavy (non-hydrogen) atoms. The second kappa shape index (κ2) is 8.17. The van der Waals surface area contributed by atoms with Crippen LogP contribution < -0.4 is 14.2 Å². The molecule has 2 heterocycles. The van der Waals surface area contributed by atoms with E-state index in [1.807, 2.05) is 37.9 Å². The summed E-state index contributed by atoms with van der Waals surface area (Å²) in [7, 11) is 0. The Hall–Kier alpha value is -2.63. The Morgan fingerprint density at radius 1 is 1.08 bits per heavy atom. The molecule has 6 nitrogen and oxygen atoms in total. The molecule has 1 aliphatic heterocycles. The summed E-state index contributed by atoms with van der Waals surface area (Å²) in [5.74, 6) is 1.62. The smallest absolute Gasteiger partial charge is 0.254 e. The average molecular weight is 358 g/mol. The molecule has 6 heteroatoms. The van der Waals surface area contributed by atoms with Crippen LogP contribution in [0.25, 0.3) is 0 Å². The molecular formula is C20H26N2O4. The number of amides is 1. The Morgan fingerprint density at radius 3 is 2.35 bits per heavy atom. The van der Waals surface area contributed by atoms with Crippen LogP contribution in [-0.4, -0.2) is 42.2 Å². The molecular weight excluding hydrogens is 332 g/mol. The van der Waals surface area contributed by atoms with Crippen molar-refractivity contribution in [2.75, 3.05) is 26.4 Å². The number of H-pyrrole nitrogens is 1. The van der Waals surface area contributed by atoms with Crippen LogP contribution in [0.15, 0.2) is 24.4 Å². The van der Waals surface area contributed by atoms with Crippen LogP contribution in [0.3, 0.4) is 0 Å². The van der Waals surface area contributed by atoms with Crippen molar-refractivity contribution in [2.24, 2.45) is 0 Å². The van der Waals surface area contributed by atoms with E-state index in [0.29, 0.717) is 55.7 Å². The highest BCUT2D eigenvalue weighted by Gasteiger charge is 2.25. The van der Waals surface area contributed by atoms with Gasteiger partial charge in [0.25, 0.3) is 5.91 Å². The molecule has 3 rings (SSSR count). The molecule has 0 unspecified atom stereocenters. The lowest BCUT2D eigenvalue weighted by molar-refractivity contribution is 0.0733. The molecule has 0 saturated heterocycles. The van der Waals surface area contributed by atoms with Crippen molar-refractivity contribution in [2.45, 2.75) is 33.7 Å². The molecule has 0 fully saturated rings. The number of carbonyl (C=O) groups is 1. The fourth-order valence-corrected chi connectivity index (χ4v) is 3.22. The maximum atomic E-state index is 13.1. The number of aromatic amines is 1. The highest BCUT2D eigenvalue weighted by molar-refractivity contribution is 5.95. The van der Waals surface area contributed by atoms with Gasteiger partial charge in [0.05, 0.1) is 19.8 Å². The highest BCUT2D eigenvalue weighted by Crippen LogP contribution is 2.39. The minimum atomic E-state index is -0.0261. The Bertz CT molecular complexity index is 742. The summed E-state index contributed by atoms with van der Waals surface area (Å²) in [6.45, 7) is 8.49. The fraction of sp³-hybridized carbons (Fsp3) is 0.450. The van der Waals surface area contributed by atoms with Gasteiger partial charge in [-0.2, -0.15) is 0 Å². The fourth-order valence-electron chi connectivity index (χ4n) is 3.22. The van der Waals surface area contributed by atoms with E-state index in [1.54, 1.807) is 12.1 Å². The van der Waals surface area contributed by atoms with Gasteiger partial charge < -0.3 is 24.1 Å². The summed E-state index contributed by atoms with van der Waals surface area (Å²) in [4.78, 5) is 18.2. The molecule has 0 spiro atoms. The van der Waals surface area contributed by atoms with Gasteiger partial charge in [-0.3, -0.25) is 4.79 Å². The van der Waals surface area contributed by atoms with Crippen molar-refractivity contribution in [1.29, 1.82) is 0 Å². The van der Waals surface area contributed by atoms with E-state index < -0.39 is 0 Å². The number of nitrogens with zero attached hydrogens (tertiary/aromatic N) is 1. The molecule has 1 amide bonds. The molecule has 0 saturated carbocycles. The lowest BCUT2D eigenvalue weighted by Gasteiger charge is -2.27. The first-order valence-electron chi connectivity index (χ1n) is 9.18. The molecule has 0 aliphatic carbocycles. The van der Waals surface area contributed by atoms with Gasteiger partial charge in [-0.15, -0.1) is 0 Å². The molecule has 1 aliphatic rings. The van der Waals surface area contributed by atoms with Crippen molar-refractivity contribution in [3.05, 3.63) is 41.2 Å². The van der Waals surface area contributed by atoms with Gasteiger partial charge in [-0.1, -0.05) is 0 Å². The summed E-state index contributed by atoms with van der Waals surface area (Å²) in [6, 6.07) is 5.54. The SMILES string of the molecule is CCOc1cc(C(=O)N2CCc3[nH]ccc3C2)cc(OCC)c1OCC. The maximum absolute atomic E-state index is 13.1. The first kappa shape index (κ1) is 18.2. The van der Waals surface area contributed by atoms with E-state index in [1.165, 1.54) is 11.3 Å². The van der Waals surface area contributed by atoms with Gasteiger partial charge in [0.15, 0.2) is 11.5 Å². The summed E-state index contributed by atoms with van der Waals surface area (Å²) >= 11 is 0. The molecule has 0 radical (unpaired) electrons. The molecule has 1 N–H and O–H groups in total. The Kier molecular flexibility index (Phi) is 5.71. The van der Waals surface area contributed by atoms with Gasteiger partial charge in [0, 0.05) is 37.0 Å². The van der Waals surface area contributed by atoms with Crippen LogP contribution in [0.5, 0.6) is 17.2 Å². The van der Waals surface area contributed by atoms with E-state index in [2.05, 4.69) is 4.98 Å². The van der Waals surface area contributed by atoms with Crippen molar-refractivity contribution in [3.63, 3.8) is 0 Å². The van der Waals surface area contributed by atoms with Crippen LogP contribution in [0.2, 0.25) is 0 Å². The van der Waals surface area contributed by atoms with Crippen molar-refractivity contribution < 1.29 is 19.0 Å². The highest BCUT2D eigenvalue weighted by atomic mass is 16.5. The van der Waals surface area contributed by atoms with Gasteiger partial charge in [-0.05, 0) is 44.5 Å². The Labute approximate surface area is 154 Å². The number of nitrogens with one attached hydrogen (secondary N) is 1. The van der Waals surface area contributed by atoms with Gasteiger partial charge in [0.1, 0.15) is 0 Å². The zero-order valence-corrected chi connectivity index (χ0v) is 15.6. The number of benzene rings is 1. The molecule has 140 valence electrons. The van der Waals surface area contributed by atoms with Crippen LogP contribution >= 0.6 is 0 Å². The number of hydrogen-bond acceptors (Lipinski definition) is 4. The largest absolute Gasteiger partial charge is 0.490 e. The molecule has 2 aromatic rings. The van der Waals surface area contributed by atoms with Crippen LogP contribution in [0.1, 0.15) is 42.4 Å². The summed E-state index contributed by atoms with van der Waals surface area (Å²) in [6.07, 6.45) is 2.76.